The van der Waals surface area contributed by atoms with E-state index in [1.54, 1.807) is 24.3 Å². The SMILES string of the molecule is Cn1c(-c2ccc(NC(=O)Cn3cccc(C(F)(F)F)c3=O)cc2)nc2ccccc21. The van der Waals surface area contributed by atoms with E-state index in [1.807, 2.05) is 35.9 Å². The Morgan fingerprint density at radius 3 is 2.42 bits per heavy atom. The Morgan fingerprint density at radius 1 is 1.03 bits per heavy atom. The first-order valence-corrected chi connectivity index (χ1v) is 9.32. The van der Waals surface area contributed by atoms with Crippen molar-refractivity contribution in [3.05, 3.63) is 82.8 Å². The molecule has 0 aliphatic heterocycles. The summed E-state index contributed by atoms with van der Waals surface area (Å²) in [6.07, 6.45) is -3.63. The maximum absolute atomic E-state index is 12.9. The minimum absolute atomic E-state index is 0.451. The van der Waals surface area contributed by atoms with Gasteiger partial charge in [-0.05, 0) is 48.5 Å². The van der Waals surface area contributed by atoms with E-state index in [9.17, 15) is 22.8 Å². The molecule has 0 bridgehead atoms. The number of pyridine rings is 1. The van der Waals surface area contributed by atoms with Gasteiger partial charge in [0.2, 0.25) is 5.91 Å². The van der Waals surface area contributed by atoms with Gasteiger partial charge in [-0.2, -0.15) is 13.2 Å². The standard InChI is InChI=1S/C22H17F3N4O2/c1-28-18-7-3-2-6-17(18)27-20(28)14-8-10-15(11-9-14)26-19(30)13-29-12-4-5-16(21(29)31)22(23,24)25/h2-12H,13H2,1H3,(H,26,30). The molecule has 0 unspecified atom stereocenters. The molecule has 0 aliphatic carbocycles. The minimum Gasteiger partial charge on any atom is -0.327 e. The van der Waals surface area contributed by atoms with E-state index in [-0.39, 0.29) is 0 Å². The van der Waals surface area contributed by atoms with E-state index in [2.05, 4.69) is 10.3 Å². The average Bonchev–Trinajstić information content (AvgIpc) is 3.06. The quantitative estimate of drug-likeness (QED) is 0.535. The molecule has 0 fully saturated rings. The number of nitrogens with one attached hydrogen (secondary N) is 1. The van der Waals surface area contributed by atoms with Gasteiger partial charge < -0.3 is 14.5 Å². The van der Waals surface area contributed by atoms with E-state index >= 15 is 0 Å². The fourth-order valence-electron chi connectivity index (χ4n) is 3.34. The van der Waals surface area contributed by atoms with Crippen LogP contribution in [-0.2, 0) is 24.6 Å². The maximum atomic E-state index is 12.9. The molecule has 0 atom stereocenters. The van der Waals surface area contributed by atoms with Crippen molar-refractivity contribution in [2.24, 2.45) is 7.05 Å². The van der Waals surface area contributed by atoms with Crippen molar-refractivity contribution in [3.63, 3.8) is 0 Å². The molecule has 6 nitrogen and oxygen atoms in total. The molecule has 0 spiro atoms. The summed E-state index contributed by atoms with van der Waals surface area (Å²) in [5, 5.41) is 2.59. The highest BCUT2D eigenvalue weighted by atomic mass is 19.4. The molecule has 1 amide bonds. The first kappa shape index (κ1) is 20.4. The smallest absolute Gasteiger partial charge is 0.327 e. The number of hydrogen-bond donors (Lipinski definition) is 1. The van der Waals surface area contributed by atoms with Gasteiger partial charge in [-0.3, -0.25) is 9.59 Å². The van der Waals surface area contributed by atoms with Crippen LogP contribution in [0, 0.1) is 0 Å². The van der Waals surface area contributed by atoms with Crippen molar-refractivity contribution >= 4 is 22.6 Å². The molecular formula is C22H17F3N4O2. The average molecular weight is 426 g/mol. The summed E-state index contributed by atoms with van der Waals surface area (Å²) >= 11 is 0. The Labute approximate surface area is 174 Å². The number of hydrogen-bond acceptors (Lipinski definition) is 3. The number of rotatable bonds is 4. The maximum Gasteiger partial charge on any atom is 0.421 e. The molecule has 4 aromatic rings. The molecule has 4 rings (SSSR count). The topological polar surface area (TPSA) is 68.9 Å². The second kappa shape index (κ2) is 7.75. The molecule has 2 heterocycles. The molecule has 0 saturated carbocycles. The Hall–Kier alpha value is -3.88. The fraction of sp³-hybridized carbons (Fsp3) is 0.136. The fourth-order valence-corrected chi connectivity index (χ4v) is 3.34. The third-order valence-electron chi connectivity index (χ3n) is 4.85. The van der Waals surface area contributed by atoms with E-state index in [1.165, 1.54) is 0 Å². The number of aromatic nitrogens is 3. The van der Waals surface area contributed by atoms with Crippen LogP contribution in [-0.4, -0.2) is 20.0 Å². The number of halogens is 3. The monoisotopic (exact) mass is 426 g/mol. The summed E-state index contributed by atoms with van der Waals surface area (Å²) in [4.78, 5) is 28.8. The van der Waals surface area contributed by atoms with Gasteiger partial charge in [0.1, 0.15) is 17.9 Å². The number of alkyl halides is 3. The highest BCUT2D eigenvalue weighted by Crippen LogP contribution is 2.26. The zero-order valence-corrected chi connectivity index (χ0v) is 16.3. The Kier molecular flexibility index (Phi) is 5.10. The largest absolute Gasteiger partial charge is 0.421 e. The number of benzene rings is 2. The van der Waals surface area contributed by atoms with Gasteiger partial charge in [0.15, 0.2) is 0 Å². The van der Waals surface area contributed by atoms with Crippen LogP contribution in [0.5, 0.6) is 0 Å². The van der Waals surface area contributed by atoms with Crippen LogP contribution >= 0.6 is 0 Å². The van der Waals surface area contributed by atoms with Gasteiger partial charge in [-0.1, -0.05) is 12.1 Å². The predicted octanol–water partition coefficient (Wildman–Crippen LogP) is 4.06. The van der Waals surface area contributed by atoms with Crippen LogP contribution < -0.4 is 10.9 Å². The number of nitrogens with zero attached hydrogens (tertiary/aromatic N) is 3. The van der Waals surface area contributed by atoms with Gasteiger partial charge >= 0.3 is 6.18 Å². The number of carbonyl (C=O) groups is 1. The van der Waals surface area contributed by atoms with Crippen molar-refractivity contribution in [2.75, 3.05) is 5.32 Å². The third-order valence-corrected chi connectivity index (χ3v) is 4.85. The number of amides is 1. The molecule has 31 heavy (non-hydrogen) atoms. The number of fused-ring (bicyclic) bond motifs is 1. The number of para-hydroxylation sites is 2. The van der Waals surface area contributed by atoms with Crippen molar-refractivity contribution in [1.82, 2.24) is 14.1 Å². The van der Waals surface area contributed by atoms with Gasteiger partial charge in [0, 0.05) is 24.5 Å². The van der Waals surface area contributed by atoms with Crippen LogP contribution in [0.2, 0.25) is 0 Å². The summed E-state index contributed by atoms with van der Waals surface area (Å²) in [6.45, 7) is -0.532. The van der Waals surface area contributed by atoms with E-state index in [0.29, 0.717) is 11.8 Å². The Balaban J connectivity index is 1.50. The number of carbonyl (C=O) groups excluding carboxylic acids is 1. The summed E-state index contributed by atoms with van der Waals surface area (Å²) in [5.41, 5.74) is 0.570. The first-order chi connectivity index (χ1) is 14.7. The number of anilines is 1. The summed E-state index contributed by atoms with van der Waals surface area (Å²) in [6, 6.07) is 16.4. The molecule has 0 aliphatic rings. The van der Waals surface area contributed by atoms with Gasteiger partial charge in [-0.15, -0.1) is 0 Å². The molecule has 2 aromatic heterocycles. The van der Waals surface area contributed by atoms with Crippen LogP contribution in [0.1, 0.15) is 5.56 Å². The second-order valence-electron chi connectivity index (χ2n) is 6.96. The lowest BCUT2D eigenvalue weighted by Crippen LogP contribution is -2.31. The first-order valence-electron chi connectivity index (χ1n) is 9.32. The Bertz CT molecular complexity index is 1320. The van der Waals surface area contributed by atoms with Crippen LogP contribution in [0.3, 0.4) is 0 Å². The molecule has 0 radical (unpaired) electrons. The number of aryl methyl sites for hydroxylation is 1. The number of imidazole rings is 1. The van der Waals surface area contributed by atoms with Gasteiger partial charge in [0.05, 0.1) is 11.0 Å². The van der Waals surface area contributed by atoms with Crippen LogP contribution in [0.4, 0.5) is 18.9 Å². The van der Waals surface area contributed by atoms with Crippen molar-refractivity contribution in [1.29, 1.82) is 0 Å². The lowest BCUT2D eigenvalue weighted by Gasteiger charge is -2.11. The Morgan fingerprint density at radius 2 is 1.74 bits per heavy atom. The van der Waals surface area contributed by atoms with Crippen molar-refractivity contribution < 1.29 is 18.0 Å². The lowest BCUT2D eigenvalue weighted by molar-refractivity contribution is -0.139. The summed E-state index contributed by atoms with van der Waals surface area (Å²) in [5.74, 6) is 0.145. The second-order valence-corrected chi connectivity index (χ2v) is 6.96. The molecule has 1 N–H and O–H groups in total. The van der Waals surface area contributed by atoms with E-state index in [4.69, 9.17) is 0 Å². The predicted molar refractivity (Wildman–Crippen MR) is 110 cm³/mol. The molecule has 2 aromatic carbocycles. The zero-order valence-electron chi connectivity index (χ0n) is 16.3. The van der Waals surface area contributed by atoms with Crippen LogP contribution in [0.15, 0.2) is 71.7 Å². The van der Waals surface area contributed by atoms with Gasteiger partial charge in [-0.25, -0.2) is 4.98 Å². The normalized spacial score (nSPS) is 11.6. The molecule has 9 heteroatoms. The highest BCUT2D eigenvalue weighted by molar-refractivity contribution is 5.91. The third kappa shape index (κ3) is 4.07. The van der Waals surface area contributed by atoms with Gasteiger partial charge in [0.25, 0.3) is 5.56 Å². The highest BCUT2D eigenvalue weighted by Gasteiger charge is 2.34. The molecule has 0 saturated heterocycles. The van der Waals surface area contributed by atoms with E-state index < -0.39 is 29.8 Å². The van der Waals surface area contributed by atoms with Crippen molar-refractivity contribution in [3.8, 4) is 11.4 Å². The molecular weight excluding hydrogens is 409 g/mol. The summed E-state index contributed by atoms with van der Waals surface area (Å²) < 4.78 is 41.3. The molecule has 158 valence electrons. The van der Waals surface area contributed by atoms with Crippen LogP contribution in [0.25, 0.3) is 22.4 Å². The van der Waals surface area contributed by atoms with E-state index in [0.717, 1.165) is 39.3 Å². The zero-order chi connectivity index (χ0) is 22.2. The summed E-state index contributed by atoms with van der Waals surface area (Å²) in [7, 11) is 1.91. The minimum atomic E-state index is -4.78. The lowest BCUT2D eigenvalue weighted by atomic mass is 10.2. The van der Waals surface area contributed by atoms with Crippen molar-refractivity contribution in [2.45, 2.75) is 12.7 Å².